The fourth-order valence-corrected chi connectivity index (χ4v) is 1.51. The Labute approximate surface area is 101 Å². The number of aliphatic hydroxyl groups is 1. The normalized spacial score (nSPS) is 14.2. The number of hydrogen-bond donors (Lipinski definition) is 1. The predicted molar refractivity (Wildman–Crippen MR) is 61.2 cm³/mol. The minimum Gasteiger partial charge on any atom is -0.480 e. The molecule has 1 heterocycles. The van der Waals surface area contributed by atoms with Crippen molar-refractivity contribution < 1.29 is 19.3 Å². The third-order valence-electron chi connectivity index (χ3n) is 2.48. The second-order valence-electron chi connectivity index (χ2n) is 3.43. The van der Waals surface area contributed by atoms with Crippen molar-refractivity contribution in [3.63, 3.8) is 0 Å². The number of rotatable bonds is 6. The molecule has 0 aliphatic carbocycles. The van der Waals surface area contributed by atoms with E-state index in [9.17, 15) is 5.11 Å². The maximum atomic E-state index is 10.1. The summed E-state index contributed by atoms with van der Waals surface area (Å²) in [4.78, 5) is 8.15. The van der Waals surface area contributed by atoms with E-state index in [1.807, 2.05) is 6.92 Å². The average Bonchev–Trinajstić information content (AvgIpc) is 2.39. The first kappa shape index (κ1) is 13.7. The van der Waals surface area contributed by atoms with Gasteiger partial charge in [0, 0.05) is 7.11 Å². The molecule has 0 aliphatic rings. The molecule has 1 aromatic rings. The lowest BCUT2D eigenvalue weighted by Gasteiger charge is -2.20. The van der Waals surface area contributed by atoms with Gasteiger partial charge in [0.1, 0.15) is 11.8 Å². The average molecular weight is 242 g/mol. The number of aliphatic hydroxyl groups excluding tert-OH is 1. The Morgan fingerprint density at radius 2 is 2.00 bits per heavy atom. The number of hydrogen-bond acceptors (Lipinski definition) is 6. The van der Waals surface area contributed by atoms with Gasteiger partial charge in [0.2, 0.25) is 11.8 Å². The standard InChI is InChI=1S/C11H18N2O4/c1-5-7(15-2)10(14)9-11(17-4)13-8(16-3)6-12-9/h6-7,10,14H,5H2,1-4H3. The van der Waals surface area contributed by atoms with Crippen LogP contribution >= 0.6 is 0 Å². The number of ether oxygens (including phenoxy) is 3. The van der Waals surface area contributed by atoms with E-state index >= 15 is 0 Å². The molecule has 6 heteroatoms. The monoisotopic (exact) mass is 242 g/mol. The lowest BCUT2D eigenvalue weighted by Crippen LogP contribution is -2.21. The maximum absolute atomic E-state index is 10.1. The summed E-state index contributed by atoms with van der Waals surface area (Å²) in [7, 11) is 4.50. The van der Waals surface area contributed by atoms with Gasteiger partial charge in [-0.3, -0.25) is 0 Å². The number of methoxy groups -OCH3 is 3. The molecule has 1 aromatic heterocycles. The van der Waals surface area contributed by atoms with Crippen molar-refractivity contribution in [2.24, 2.45) is 0 Å². The summed E-state index contributed by atoms with van der Waals surface area (Å²) in [6.45, 7) is 1.92. The molecule has 2 atom stereocenters. The molecule has 0 saturated heterocycles. The van der Waals surface area contributed by atoms with Gasteiger partial charge in [0.15, 0.2) is 0 Å². The molecule has 96 valence electrons. The molecule has 0 saturated carbocycles. The van der Waals surface area contributed by atoms with Gasteiger partial charge in [-0.05, 0) is 6.42 Å². The highest BCUT2D eigenvalue weighted by Gasteiger charge is 2.25. The molecule has 1 rings (SSSR count). The summed E-state index contributed by atoms with van der Waals surface area (Å²) >= 11 is 0. The predicted octanol–water partition coefficient (Wildman–Crippen LogP) is 0.952. The molecule has 0 spiro atoms. The van der Waals surface area contributed by atoms with E-state index in [-0.39, 0.29) is 12.0 Å². The summed E-state index contributed by atoms with van der Waals surface area (Å²) in [5.74, 6) is 0.579. The second-order valence-corrected chi connectivity index (χ2v) is 3.43. The fourth-order valence-electron chi connectivity index (χ4n) is 1.51. The Morgan fingerprint density at radius 3 is 2.47 bits per heavy atom. The highest BCUT2D eigenvalue weighted by molar-refractivity contribution is 5.25. The van der Waals surface area contributed by atoms with Gasteiger partial charge in [-0.2, -0.15) is 4.98 Å². The first-order chi connectivity index (χ1) is 8.17. The molecule has 1 N–H and O–H groups in total. The summed E-state index contributed by atoms with van der Waals surface area (Å²) in [5.41, 5.74) is 0.349. The summed E-state index contributed by atoms with van der Waals surface area (Å²) in [5, 5.41) is 10.1. The van der Waals surface area contributed by atoms with Crippen LogP contribution in [-0.4, -0.2) is 42.5 Å². The highest BCUT2D eigenvalue weighted by atomic mass is 16.5. The Morgan fingerprint density at radius 1 is 1.29 bits per heavy atom. The van der Waals surface area contributed by atoms with Crippen molar-refractivity contribution >= 4 is 0 Å². The zero-order valence-electron chi connectivity index (χ0n) is 10.5. The quantitative estimate of drug-likeness (QED) is 0.800. The topological polar surface area (TPSA) is 73.7 Å². The lowest BCUT2D eigenvalue weighted by atomic mass is 10.1. The molecule has 0 aromatic carbocycles. The Balaban J connectivity index is 3.03. The van der Waals surface area contributed by atoms with Gasteiger partial charge >= 0.3 is 0 Å². The van der Waals surface area contributed by atoms with E-state index in [2.05, 4.69) is 9.97 Å². The molecule has 17 heavy (non-hydrogen) atoms. The van der Waals surface area contributed by atoms with Crippen LogP contribution in [0.2, 0.25) is 0 Å². The van der Waals surface area contributed by atoms with Crippen molar-refractivity contribution in [1.82, 2.24) is 9.97 Å². The van der Waals surface area contributed by atoms with E-state index in [0.29, 0.717) is 18.0 Å². The minimum absolute atomic E-state index is 0.243. The largest absolute Gasteiger partial charge is 0.480 e. The van der Waals surface area contributed by atoms with E-state index < -0.39 is 6.10 Å². The van der Waals surface area contributed by atoms with Gasteiger partial charge in [-0.25, -0.2) is 4.98 Å². The molecule has 0 amide bonds. The van der Waals surface area contributed by atoms with Crippen LogP contribution in [0, 0.1) is 0 Å². The molecule has 0 radical (unpaired) electrons. The SMILES string of the molecule is CCC(OC)C(O)c1ncc(OC)nc1OC. The number of nitrogens with zero attached hydrogens (tertiary/aromatic N) is 2. The number of aromatic nitrogens is 2. The molecular formula is C11H18N2O4. The second kappa shape index (κ2) is 6.36. The van der Waals surface area contributed by atoms with Crippen LogP contribution in [0.4, 0.5) is 0 Å². The van der Waals surface area contributed by atoms with Crippen LogP contribution in [0.5, 0.6) is 11.8 Å². The first-order valence-electron chi connectivity index (χ1n) is 5.33. The zero-order chi connectivity index (χ0) is 12.8. The Kier molecular flexibility index (Phi) is 5.11. The van der Waals surface area contributed by atoms with Crippen molar-refractivity contribution in [2.45, 2.75) is 25.6 Å². The third-order valence-corrected chi connectivity index (χ3v) is 2.48. The lowest BCUT2D eigenvalue weighted by molar-refractivity contribution is -0.0183. The molecule has 0 bridgehead atoms. The van der Waals surface area contributed by atoms with Gasteiger partial charge in [0.05, 0.1) is 26.5 Å². The Bertz CT molecular complexity index is 355. The molecule has 6 nitrogen and oxygen atoms in total. The van der Waals surface area contributed by atoms with E-state index in [1.165, 1.54) is 20.4 Å². The van der Waals surface area contributed by atoms with Crippen LogP contribution < -0.4 is 9.47 Å². The summed E-state index contributed by atoms with van der Waals surface area (Å²) in [6, 6.07) is 0. The van der Waals surface area contributed by atoms with E-state index in [4.69, 9.17) is 14.2 Å². The van der Waals surface area contributed by atoms with Crippen LogP contribution in [0.25, 0.3) is 0 Å². The summed E-state index contributed by atoms with van der Waals surface area (Å²) in [6.07, 6.45) is 0.878. The van der Waals surface area contributed by atoms with Crippen molar-refractivity contribution in [3.8, 4) is 11.8 Å². The zero-order valence-corrected chi connectivity index (χ0v) is 10.5. The van der Waals surface area contributed by atoms with Crippen molar-refractivity contribution in [2.75, 3.05) is 21.3 Å². The van der Waals surface area contributed by atoms with Crippen LogP contribution in [-0.2, 0) is 4.74 Å². The molecular weight excluding hydrogens is 224 g/mol. The summed E-state index contributed by atoms with van der Waals surface area (Å²) < 4.78 is 15.2. The minimum atomic E-state index is -0.877. The molecule has 0 fully saturated rings. The van der Waals surface area contributed by atoms with Crippen LogP contribution in [0.15, 0.2) is 6.20 Å². The smallest absolute Gasteiger partial charge is 0.241 e. The van der Waals surface area contributed by atoms with Gasteiger partial charge in [-0.1, -0.05) is 6.92 Å². The van der Waals surface area contributed by atoms with Crippen LogP contribution in [0.3, 0.4) is 0 Å². The third kappa shape index (κ3) is 3.04. The van der Waals surface area contributed by atoms with Gasteiger partial charge < -0.3 is 19.3 Å². The fraction of sp³-hybridized carbons (Fsp3) is 0.636. The van der Waals surface area contributed by atoms with Crippen molar-refractivity contribution in [1.29, 1.82) is 0 Å². The van der Waals surface area contributed by atoms with Gasteiger partial charge in [0.25, 0.3) is 0 Å². The molecule has 2 unspecified atom stereocenters. The molecule has 0 aliphatic heterocycles. The highest BCUT2D eigenvalue weighted by Crippen LogP contribution is 2.27. The van der Waals surface area contributed by atoms with E-state index in [0.717, 1.165) is 0 Å². The first-order valence-corrected chi connectivity index (χ1v) is 5.33. The van der Waals surface area contributed by atoms with Crippen LogP contribution in [0.1, 0.15) is 25.1 Å². The maximum Gasteiger partial charge on any atom is 0.241 e. The van der Waals surface area contributed by atoms with Crippen molar-refractivity contribution in [3.05, 3.63) is 11.9 Å². The Hall–Kier alpha value is -1.40. The van der Waals surface area contributed by atoms with E-state index in [1.54, 1.807) is 7.11 Å². The van der Waals surface area contributed by atoms with Gasteiger partial charge in [-0.15, -0.1) is 0 Å².